The van der Waals surface area contributed by atoms with Crippen molar-refractivity contribution in [2.45, 2.75) is 65.7 Å². The van der Waals surface area contributed by atoms with E-state index in [-0.39, 0.29) is 0 Å². The molecule has 2 heteroatoms. The molecule has 120 valence electrons. The molecule has 1 unspecified atom stereocenters. The fourth-order valence-corrected chi connectivity index (χ4v) is 3.32. The molecule has 0 aromatic rings. The zero-order valence-corrected chi connectivity index (χ0v) is 14.5. The van der Waals surface area contributed by atoms with Gasteiger partial charge in [-0.2, -0.15) is 0 Å². The Labute approximate surface area is 127 Å². The first-order chi connectivity index (χ1) is 9.61. The number of likely N-dealkylation sites (tertiary alicyclic amines) is 2. The van der Waals surface area contributed by atoms with Crippen molar-refractivity contribution >= 4 is 0 Å². The van der Waals surface area contributed by atoms with Crippen molar-refractivity contribution in [2.24, 2.45) is 11.8 Å². The molecule has 0 N–H and O–H groups in total. The lowest BCUT2D eigenvalue weighted by Crippen LogP contribution is -2.18. The highest BCUT2D eigenvalue weighted by Crippen LogP contribution is 2.22. The number of rotatable bonds is 1. The van der Waals surface area contributed by atoms with Crippen LogP contribution in [0, 0.1) is 11.8 Å². The van der Waals surface area contributed by atoms with E-state index in [4.69, 9.17) is 0 Å². The van der Waals surface area contributed by atoms with E-state index >= 15 is 0 Å². The van der Waals surface area contributed by atoms with Crippen LogP contribution in [0.3, 0.4) is 0 Å². The summed E-state index contributed by atoms with van der Waals surface area (Å²) in [5.74, 6) is 2.00. The molecular weight excluding hydrogens is 244 g/mol. The van der Waals surface area contributed by atoms with E-state index in [1.807, 2.05) is 0 Å². The molecule has 2 aliphatic heterocycles. The van der Waals surface area contributed by atoms with Crippen molar-refractivity contribution in [3.05, 3.63) is 0 Å². The van der Waals surface area contributed by atoms with Crippen LogP contribution in [-0.2, 0) is 0 Å². The Balaban J connectivity index is 0.000000152. The summed E-state index contributed by atoms with van der Waals surface area (Å²) in [7, 11) is 2.17. The van der Waals surface area contributed by atoms with Gasteiger partial charge in [-0.1, -0.05) is 46.5 Å². The molecular formula is C18H38N2. The molecule has 1 aliphatic carbocycles. The van der Waals surface area contributed by atoms with E-state index in [9.17, 15) is 0 Å². The smallest absolute Gasteiger partial charge is 0.000738 e. The van der Waals surface area contributed by atoms with Gasteiger partial charge in [-0.3, -0.25) is 0 Å². The van der Waals surface area contributed by atoms with Gasteiger partial charge < -0.3 is 9.80 Å². The minimum atomic E-state index is 0.954. The Morgan fingerprint density at radius 1 is 0.800 bits per heavy atom. The van der Waals surface area contributed by atoms with Gasteiger partial charge in [0.05, 0.1) is 0 Å². The Bertz CT molecular complexity index is 203. The maximum Gasteiger partial charge on any atom is 0.000738 e. The second kappa shape index (κ2) is 10.6. The van der Waals surface area contributed by atoms with Crippen LogP contribution in [-0.4, -0.2) is 49.6 Å². The van der Waals surface area contributed by atoms with Crippen LogP contribution in [0.15, 0.2) is 0 Å². The Morgan fingerprint density at radius 2 is 1.40 bits per heavy atom. The van der Waals surface area contributed by atoms with Crippen molar-refractivity contribution < 1.29 is 0 Å². The molecule has 0 aromatic heterocycles. The Kier molecular flexibility index (Phi) is 9.54. The van der Waals surface area contributed by atoms with E-state index in [1.54, 1.807) is 0 Å². The topological polar surface area (TPSA) is 6.48 Å². The molecule has 3 rings (SSSR count). The van der Waals surface area contributed by atoms with Crippen LogP contribution in [0.25, 0.3) is 0 Å². The minimum Gasteiger partial charge on any atom is -0.306 e. The average Bonchev–Trinajstić information content (AvgIpc) is 3.15. The summed E-state index contributed by atoms with van der Waals surface area (Å²) in [4.78, 5) is 4.87. The third kappa shape index (κ3) is 8.26. The molecule has 3 aliphatic rings. The van der Waals surface area contributed by atoms with Crippen molar-refractivity contribution in [1.82, 2.24) is 9.80 Å². The van der Waals surface area contributed by atoms with Crippen LogP contribution in [0.2, 0.25) is 0 Å². The fraction of sp³-hybridized carbons (Fsp3) is 1.00. The van der Waals surface area contributed by atoms with E-state index in [1.165, 1.54) is 77.7 Å². The molecule has 1 saturated carbocycles. The van der Waals surface area contributed by atoms with Crippen molar-refractivity contribution in [3.63, 3.8) is 0 Å². The van der Waals surface area contributed by atoms with E-state index < -0.39 is 0 Å². The summed E-state index contributed by atoms with van der Waals surface area (Å²) in [6, 6.07) is 0. The molecule has 3 fully saturated rings. The minimum absolute atomic E-state index is 0.954. The predicted molar refractivity (Wildman–Crippen MR) is 90.3 cm³/mol. The van der Waals surface area contributed by atoms with E-state index in [0.717, 1.165) is 11.8 Å². The molecule has 0 bridgehead atoms. The summed E-state index contributed by atoms with van der Waals surface area (Å²) >= 11 is 0. The third-order valence-corrected chi connectivity index (χ3v) is 4.93. The lowest BCUT2D eigenvalue weighted by Gasteiger charge is -2.09. The highest BCUT2D eigenvalue weighted by molar-refractivity contribution is 4.70. The fourth-order valence-electron chi connectivity index (χ4n) is 3.32. The van der Waals surface area contributed by atoms with Crippen LogP contribution in [0.5, 0.6) is 0 Å². The second-order valence-corrected chi connectivity index (χ2v) is 7.19. The first kappa shape index (κ1) is 18.0. The first-order valence-corrected chi connectivity index (χ1v) is 9.02. The zero-order chi connectivity index (χ0) is 14.8. The Hall–Kier alpha value is -0.0800. The molecule has 0 radical (unpaired) electrons. The second-order valence-electron chi connectivity index (χ2n) is 7.19. The largest absolute Gasteiger partial charge is 0.306 e. The highest BCUT2D eigenvalue weighted by atomic mass is 15.1. The summed E-state index contributed by atoms with van der Waals surface area (Å²) in [6.07, 6.45) is 10.2. The maximum atomic E-state index is 2.50. The van der Waals surface area contributed by atoms with E-state index in [2.05, 4.69) is 37.6 Å². The Morgan fingerprint density at radius 3 is 1.60 bits per heavy atom. The molecule has 0 aromatic carbocycles. The summed E-state index contributed by atoms with van der Waals surface area (Å²) < 4.78 is 0. The van der Waals surface area contributed by atoms with Gasteiger partial charge in [0.15, 0.2) is 0 Å². The first-order valence-electron chi connectivity index (χ1n) is 9.02. The molecule has 2 heterocycles. The molecule has 2 nitrogen and oxygen atoms in total. The molecule has 0 spiro atoms. The van der Waals surface area contributed by atoms with Gasteiger partial charge in [0.2, 0.25) is 0 Å². The maximum absolute atomic E-state index is 2.50. The average molecular weight is 283 g/mol. The number of hydrogen-bond donors (Lipinski definition) is 0. The molecule has 1 atom stereocenters. The van der Waals surface area contributed by atoms with Crippen LogP contribution >= 0.6 is 0 Å². The number of hydrogen-bond acceptors (Lipinski definition) is 2. The quantitative estimate of drug-likeness (QED) is 0.709. The monoisotopic (exact) mass is 282 g/mol. The molecule has 2 saturated heterocycles. The van der Waals surface area contributed by atoms with Gasteiger partial charge in [-0.15, -0.1) is 0 Å². The molecule has 20 heavy (non-hydrogen) atoms. The molecule has 0 amide bonds. The lowest BCUT2D eigenvalue weighted by molar-refractivity contribution is 0.346. The summed E-state index contributed by atoms with van der Waals surface area (Å²) in [6.45, 7) is 13.4. The SMILES string of the molecule is CC1CCCC1.CCN1CCC(C)C1.CN1CCCC1. The van der Waals surface area contributed by atoms with Gasteiger partial charge >= 0.3 is 0 Å². The highest BCUT2D eigenvalue weighted by Gasteiger charge is 2.15. The third-order valence-electron chi connectivity index (χ3n) is 4.93. The van der Waals surface area contributed by atoms with Crippen LogP contribution in [0.4, 0.5) is 0 Å². The normalized spacial score (nSPS) is 27.9. The standard InChI is InChI=1S/C7H15N.C6H12.C5H11N/c1-3-8-5-4-7(2)6-8;2*1-6-4-2-3-5-6/h7H,3-6H2,1-2H3;6H,2-5H2,1H3;2-5H2,1H3. The predicted octanol–water partition coefficient (Wildman–Crippen LogP) is 4.26. The van der Waals surface area contributed by atoms with Crippen molar-refractivity contribution in [2.75, 3.05) is 39.8 Å². The number of nitrogens with zero attached hydrogens (tertiary/aromatic N) is 2. The van der Waals surface area contributed by atoms with Crippen LogP contribution < -0.4 is 0 Å². The zero-order valence-electron chi connectivity index (χ0n) is 14.5. The summed E-state index contributed by atoms with van der Waals surface area (Å²) in [5.41, 5.74) is 0. The van der Waals surface area contributed by atoms with Crippen LogP contribution in [0.1, 0.15) is 65.7 Å². The summed E-state index contributed by atoms with van der Waals surface area (Å²) in [5, 5.41) is 0. The van der Waals surface area contributed by atoms with Crippen molar-refractivity contribution in [3.8, 4) is 0 Å². The van der Waals surface area contributed by atoms with Gasteiger partial charge in [0.1, 0.15) is 0 Å². The van der Waals surface area contributed by atoms with Gasteiger partial charge in [0, 0.05) is 6.54 Å². The lowest BCUT2D eigenvalue weighted by atomic mass is 10.2. The van der Waals surface area contributed by atoms with E-state index in [0.29, 0.717) is 0 Å². The van der Waals surface area contributed by atoms with Crippen molar-refractivity contribution in [1.29, 1.82) is 0 Å². The van der Waals surface area contributed by atoms with Gasteiger partial charge in [0.25, 0.3) is 0 Å². The van der Waals surface area contributed by atoms with Gasteiger partial charge in [-0.05, 0) is 64.3 Å². The van der Waals surface area contributed by atoms with Gasteiger partial charge in [-0.25, -0.2) is 0 Å².